The van der Waals surface area contributed by atoms with Crippen molar-refractivity contribution in [2.75, 3.05) is 20.1 Å². The molecular weight excluding hydrogens is 202 g/mol. The molecule has 1 aliphatic rings. The van der Waals surface area contributed by atoms with Gasteiger partial charge in [0.1, 0.15) is 0 Å². The lowest BCUT2D eigenvalue weighted by molar-refractivity contribution is -0.136. The van der Waals surface area contributed by atoms with Gasteiger partial charge in [0, 0.05) is 31.6 Å². The summed E-state index contributed by atoms with van der Waals surface area (Å²) < 4.78 is 0. The molecule has 1 aliphatic heterocycles. The first-order valence-corrected chi connectivity index (χ1v) is 5.67. The van der Waals surface area contributed by atoms with Crippen LogP contribution in [0, 0.1) is 12.3 Å². The molecule has 0 aliphatic carbocycles. The maximum Gasteiger partial charge on any atom is 0.240 e. The van der Waals surface area contributed by atoms with Crippen LogP contribution >= 0.6 is 0 Å². The highest BCUT2D eigenvalue weighted by Gasteiger charge is 2.31. The Hall–Kier alpha value is -1.05. The molecule has 0 aromatic carbocycles. The molecule has 1 fully saturated rings. The van der Waals surface area contributed by atoms with Crippen LogP contribution in [0.3, 0.4) is 0 Å². The minimum Gasteiger partial charge on any atom is -0.338 e. The standard InChI is InChI=1S/C12H21N3O/c1-5-6-11(13)12(16)15-7-9(2)14(4)10(3)8-15/h1,9-11H,6-8,13H2,2-4H3. The van der Waals surface area contributed by atoms with Gasteiger partial charge in [-0.2, -0.15) is 0 Å². The van der Waals surface area contributed by atoms with E-state index >= 15 is 0 Å². The van der Waals surface area contributed by atoms with Crippen molar-refractivity contribution in [2.24, 2.45) is 5.73 Å². The van der Waals surface area contributed by atoms with E-state index in [1.54, 1.807) is 0 Å². The first kappa shape index (κ1) is 13.0. The lowest BCUT2D eigenvalue weighted by Gasteiger charge is -2.43. The van der Waals surface area contributed by atoms with Gasteiger partial charge in [0.15, 0.2) is 0 Å². The summed E-state index contributed by atoms with van der Waals surface area (Å²) in [7, 11) is 2.08. The fraction of sp³-hybridized carbons (Fsp3) is 0.750. The van der Waals surface area contributed by atoms with E-state index in [1.165, 1.54) is 0 Å². The molecule has 90 valence electrons. The molecule has 0 aromatic heterocycles. The Kier molecular flexibility index (Phi) is 4.34. The summed E-state index contributed by atoms with van der Waals surface area (Å²) in [6.07, 6.45) is 5.48. The first-order valence-electron chi connectivity index (χ1n) is 5.67. The SMILES string of the molecule is C#CCC(N)C(=O)N1CC(C)N(C)C(C)C1. The average molecular weight is 223 g/mol. The van der Waals surface area contributed by atoms with Gasteiger partial charge in [-0.1, -0.05) is 0 Å². The maximum atomic E-state index is 12.0. The van der Waals surface area contributed by atoms with Crippen molar-refractivity contribution >= 4 is 5.91 Å². The Bertz CT molecular complexity index is 285. The molecule has 1 heterocycles. The summed E-state index contributed by atoms with van der Waals surface area (Å²) in [5.41, 5.74) is 5.74. The fourth-order valence-corrected chi connectivity index (χ4v) is 2.03. The van der Waals surface area contributed by atoms with Crippen LogP contribution in [0.2, 0.25) is 0 Å². The molecule has 0 aromatic rings. The number of amides is 1. The van der Waals surface area contributed by atoms with Gasteiger partial charge in [0.05, 0.1) is 6.04 Å². The molecule has 0 bridgehead atoms. The molecule has 1 amide bonds. The van der Waals surface area contributed by atoms with E-state index in [9.17, 15) is 4.79 Å². The molecule has 4 heteroatoms. The summed E-state index contributed by atoms with van der Waals surface area (Å²) in [4.78, 5) is 16.1. The number of terminal acetylenes is 1. The maximum absolute atomic E-state index is 12.0. The van der Waals surface area contributed by atoms with Crippen molar-refractivity contribution in [1.29, 1.82) is 0 Å². The third-order valence-electron chi connectivity index (χ3n) is 3.33. The van der Waals surface area contributed by atoms with Gasteiger partial charge >= 0.3 is 0 Å². The zero-order chi connectivity index (χ0) is 12.3. The second-order valence-electron chi connectivity index (χ2n) is 4.62. The molecule has 16 heavy (non-hydrogen) atoms. The molecule has 0 radical (unpaired) electrons. The number of hydrogen-bond acceptors (Lipinski definition) is 3. The van der Waals surface area contributed by atoms with E-state index in [1.807, 2.05) is 4.90 Å². The second-order valence-corrected chi connectivity index (χ2v) is 4.62. The van der Waals surface area contributed by atoms with Gasteiger partial charge < -0.3 is 10.6 Å². The lowest BCUT2D eigenvalue weighted by Crippen LogP contribution is -2.59. The minimum absolute atomic E-state index is 0.0234. The number of nitrogens with two attached hydrogens (primary N) is 1. The highest BCUT2D eigenvalue weighted by Crippen LogP contribution is 2.14. The Morgan fingerprint density at radius 3 is 2.44 bits per heavy atom. The van der Waals surface area contributed by atoms with Crippen LogP contribution in [-0.2, 0) is 4.79 Å². The summed E-state index contributed by atoms with van der Waals surface area (Å²) >= 11 is 0. The van der Waals surface area contributed by atoms with Gasteiger partial charge in [-0.3, -0.25) is 9.69 Å². The minimum atomic E-state index is -0.548. The molecule has 0 saturated carbocycles. The van der Waals surface area contributed by atoms with Crippen molar-refractivity contribution in [2.45, 2.75) is 38.4 Å². The van der Waals surface area contributed by atoms with Crippen molar-refractivity contribution < 1.29 is 4.79 Å². The van der Waals surface area contributed by atoms with Crippen LogP contribution in [0.1, 0.15) is 20.3 Å². The number of rotatable bonds is 2. The Morgan fingerprint density at radius 2 is 2.00 bits per heavy atom. The van der Waals surface area contributed by atoms with Crippen molar-refractivity contribution in [3.05, 3.63) is 0 Å². The van der Waals surface area contributed by atoms with Gasteiger partial charge in [-0.05, 0) is 20.9 Å². The zero-order valence-electron chi connectivity index (χ0n) is 10.3. The smallest absolute Gasteiger partial charge is 0.240 e. The highest BCUT2D eigenvalue weighted by molar-refractivity contribution is 5.82. The number of nitrogens with zero attached hydrogens (tertiary/aromatic N) is 2. The molecule has 1 rings (SSSR count). The van der Waals surface area contributed by atoms with Crippen LogP contribution in [0.25, 0.3) is 0 Å². The van der Waals surface area contributed by atoms with Crippen LogP contribution in [-0.4, -0.2) is 54.0 Å². The average Bonchev–Trinajstić information content (AvgIpc) is 2.24. The van der Waals surface area contributed by atoms with Gasteiger partial charge in [-0.15, -0.1) is 12.3 Å². The van der Waals surface area contributed by atoms with Crippen molar-refractivity contribution in [3.8, 4) is 12.3 Å². The van der Waals surface area contributed by atoms with E-state index in [-0.39, 0.29) is 5.91 Å². The van der Waals surface area contributed by atoms with Crippen LogP contribution in [0.5, 0.6) is 0 Å². The zero-order valence-corrected chi connectivity index (χ0v) is 10.3. The number of carbonyl (C=O) groups is 1. The molecule has 0 spiro atoms. The molecule has 2 N–H and O–H groups in total. The Balaban J connectivity index is 2.62. The summed E-state index contributed by atoms with van der Waals surface area (Å²) in [5, 5.41) is 0. The summed E-state index contributed by atoms with van der Waals surface area (Å²) in [6.45, 7) is 5.70. The van der Waals surface area contributed by atoms with Crippen LogP contribution in [0.4, 0.5) is 0 Å². The number of piperazine rings is 1. The monoisotopic (exact) mass is 223 g/mol. The van der Waals surface area contributed by atoms with Crippen LogP contribution in [0.15, 0.2) is 0 Å². The Morgan fingerprint density at radius 1 is 1.50 bits per heavy atom. The summed E-state index contributed by atoms with van der Waals surface area (Å²) in [6, 6.07) is 0.185. The first-order chi connectivity index (χ1) is 7.47. The molecule has 3 atom stereocenters. The van der Waals surface area contributed by atoms with E-state index in [0.717, 1.165) is 13.1 Å². The van der Waals surface area contributed by atoms with Gasteiger partial charge in [0.2, 0.25) is 5.91 Å². The van der Waals surface area contributed by atoms with Crippen LogP contribution < -0.4 is 5.73 Å². The number of carbonyl (C=O) groups excluding carboxylic acids is 1. The number of hydrogen-bond donors (Lipinski definition) is 1. The molecule has 3 unspecified atom stereocenters. The van der Waals surface area contributed by atoms with E-state index < -0.39 is 6.04 Å². The van der Waals surface area contributed by atoms with E-state index in [4.69, 9.17) is 12.2 Å². The summed E-state index contributed by atoms with van der Waals surface area (Å²) in [5.74, 6) is 2.41. The largest absolute Gasteiger partial charge is 0.338 e. The third kappa shape index (κ3) is 2.75. The van der Waals surface area contributed by atoms with Crippen molar-refractivity contribution in [1.82, 2.24) is 9.80 Å². The van der Waals surface area contributed by atoms with Crippen molar-refractivity contribution in [3.63, 3.8) is 0 Å². The predicted octanol–water partition coefficient (Wildman–Crippen LogP) is -0.112. The predicted molar refractivity (Wildman–Crippen MR) is 64.7 cm³/mol. The van der Waals surface area contributed by atoms with E-state index in [0.29, 0.717) is 18.5 Å². The lowest BCUT2D eigenvalue weighted by atomic mass is 10.1. The Labute approximate surface area is 97.8 Å². The number of likely N-dealkylation sites (N-methyl/N-ethyl adjacent to an activating group) is 1. The second kappa shape index (κ2) is 5.33. The molecule has 4 nitrogen and oxygen atoms in total. The fourth-order valence-electron chi connectivity index (χ4n) is 2.03. The topological polar surface area (TPSA) is 49.6 Å². The molecule has 1 saturated heterocycles. The third-order valence-corrected chi connectivity index (χ3v) is 3.33. The van der Waals surface area contributed by atoms with Gasteiger partial charge in [-0.25, -0.2) is 0 Å². The molecular formula is C12H21N3O. The quantitative estimate of drug-likeness (QED) is 0.664. The normalized spacial score (nSPS) is 28.6. The highest BCUT2D eigenvalue weighted by atomic mass is 16.2. The van der Waals surface area contributed by atoms with Gasteiger partial charge in [0.25, 0.3) is 0 Å². The van der Waals surface area contributed by atoms with E-state index in [2.05, 4.69) is 31.7 Å².